The maximum Gasteiger partial charge on any atom is 0.305 e. The number of sulfonamides is 1. The molecule has 7 nitrogen and oxygen atoms in total. The molecule has 0 radical (unpaired) electrons. The Morgan fingerprint density at radius 3 is 2.71 bits per heavy atom. The van der Waals surface area contributed by atoms with E-state index >= 15 is 0 Å². The molecule has 116 valence electrons. The van der Waals surface area contributed by atoms with E-state index in [1.807, 2.05) is 0 Å². The van der Waals surface area contributed by atoms with E-state index in [0.29, 0.717) is 4.88 Å². The number of aryl methyl sites for hydroxylation is 2. The molecule has 1 unspecified atom stereocenters. The normalized spacial score (nSPS) is 20.3. The fourth-order valence-electron chi connectivity index (χ4n) is 2.33. The number of aliphatic carboxylic acids is 1. The number of carbonyl (C=O) groups excluding carboxylic acids is 1. The fraction of sp³-hybridized carbons (Fsp3) is 0.500. The molecule has 1 atom stereocenters. The summed E-state index contributed by atoms with van der Waals surface area (Å²) >= 11 is 1.35. The highest BCUT2D eigenvalue weighted by atomic mass is 32.2. The Bertz CT molecular complexity index is 680. The van der Waals surface area contributed by atoms with Crippen LogP contribution in [0.5, 0.6) is 0 Å². The van der Waals surface area contributed by atoms with Crippen molar-refractivity contribution in [2.24, 2.45) is 0 Å². The number of piperazine rings is 1. The van der Waals surface area contributed by atoms with Crippen molar-refractivity contribution >= 4 is 33.2 Å². The first kappa shape index (κ1) is 15.9. The summed E-state index contributed by atoms with van der Waals surface area (Å²) < 4.78 is 26.4. The average Bonchev–Trinajstić information content (AvgIpc) is 2.71. The third-order valence-electron chi connectivity index (χ3n) is 3.23. The molecule has 1 saturated heterocycles. The molecule has 1 amide bonds. The van der Waals surface area contributed by atoms with Crippen molar-refractivity contribution in [2.45, 2.75) is 31.2 Å². The second-order valence-corrected chi connectivity index (χ2v) is 8.12. The SMILES string of the molecule is Cc1cc(S(=O)(=O)N2CCNC(=O)C2CC(=O)O)c(C)s1. The van der Waals surface area contributed by atoms with Gasteiger partial charge in [0.25, 0.3) is 0 Å². The molecule has 0 aromatic carbocycles. The van der Waals surface area contributed by atoms with E-state index in [4.69, 9.17) is 5.11 Å². The lowest BCUT2D eigenvalue weighted by Gasteiger charge is -2.33. The Kier molecular flexibility index (Phi) is 4.35. The van der Waals surface area contributed by atoms with Gasteiger partial charge in [-0.25, -0.2) is 8.42 Å². The summed E-state index contributed by atoms with van der Waals surface area (Å²) in [4.78, 5) is 24.4. The first-order valence-electron chi connectivity index (χ1n) is 6.32. The molecule has 0 saturated carbocycles. The van der Waals surface area contributed by atoms with Crippen molar-refractivity contribution in [1.82, 2.24) is 9.62 Å². The minimum absolute atomic E-state index is 0.0698. The molecule has 1 aliphatic heterocycles. The zero-order valence-corrected chi connectivity index (χ0v) is 13.3. The number of thiophene rings is 1. The largest absolute Gasteiger partial charge is 0.481 e. The van der Waals surface area contributed by atoms with Gasteiger partial charge in [0.15, 0.2) is 0 Å². The Hall–Kier alpha value is -1.45. The molecule has 0 aliphatic carbocycles. The van der Waals surface area contributed by atoms with Crippen molar-refractivity contribution in [3.8, 4) is 0 Å². The molecule has 2 N–H and O–H groups in total. The summed E-state index contributed by atoms with van der Waals surface area (Å²) in [6, 6.07) is 0.348. The maximum atomic E-state index is 12.7. The first-order valence-corrected chi connectivity index (χ1v) is 8.57. The molecule has 1 aliphatic rings. The minimum atomic E-state index is -3.88. The van der Waals surface area contributed by atoms with Gasteiger partial charge in [0, 0.05) is 22.8 Å². The van der Waals surface area contributed by atoms with Crippen LogP contribution in [0, 0.1) is 13.8 Å². The maximum absolute atomic E-state index is 12.7. The number of hydrogen-bond acceptors (Lipinski definition) is 5. The summed E-state index contributed by atoms with van der Waals surface area (Å²) in [5, 5.41) is 11.4. The van der Waals surface area contributed by atoms with Gasteiger partial charge in [0.2, 0.25) is 15.9 Å². The smallest absolute Gasteiger partial charge is 0.305 e. The van der Waals surface area contributed by atoms with Crippen LogP contribution in [-0.2, 0) is 19.6 Å². The molecule has 9 heteroatoms. The fourth-order valence-corrected chi connectivity index (χ4v) is 5.44. The van der Waals surface area contributed by atoms with E-state index in [-0.39, 0.29) is 18.0 Å². The van der Waals surface area contributed by atoms with Crippen molar-refractivity contribution in [3.63, 3.8) is 0 Å². The van der Waals surface area contributed by atoms with Gasteiger partial charge in [0.05, 0.1) is 11.3 Å². The van der Waals surface area contributed by atoms with Crippen LogP contribution in [0.3, 0.4) is 0 Å². The van der Waals surface area contributed by atoms with Crippen molar-refractivity contribution in [1.29, 1.82) is 0 Å². The van der Waals surface area contributed by atoms with Crippen LogP contribution >= 0.6 is 11.3 Å². The van der Waals surface area contributed by atoms with Crippen LogP contribution in [0.4, 0.5) is 0 Å². The topological polar surface area (TPSA) is 104 Å². The lowest BCUT2D eigenvalue weighted by molar-refractivity contribution is -0.141. The third kappa shape index (κ3) is 3.09. The van der Waals surface area contributed by atoms with E-state index in [1.54, 1.807) is 19.9 Å². The molecule has 2 rings (SSSR count). The zero-order valence-electron chi connectivity index (χ0n) is 11.6. The molecule has 1 fully saturated rings. The minimum Gasteiger partial charge on any atom is -0.481 e. The standard InChI is InChI=1S/C12H16N2O5S2/c1-7-5-10(8(2)20-7)21(18,19)14-4-3-13-12(17)9(14)6-11(15)16/h5,9H,3-4,6H2,1-2H3,(H,13,17)(H,15,16). The highest BCUT2D eigenvalue weighted by Crippen LogP contribution is 2.29. The van der Waals surface area contributed by atoms with Crippen LogP contribution in [0.25, 0.3) is 0 Å². The average molecular weight is 332 g/mol. The van der Waals surface area contributed by atoms with Gasteiger partial charge in [0.1, 0.15) is 6.04 Å². The highest BCUT2D eigenvalue weighted by Gasteiger charge is 2.40. The van der Waals surface area contributed by atoms with E-state index in [0.717, 1.165) is 9.18 Å². The number of carboxylic acid groups (broad SMARTS) is 1. The number of hydrogen-bond donors (Lipinski definition) is 2. The monoisotopic (exact) mass is 332 g/mol. The third-order valence-corrected chi connectivity index (χ3v) is 6.36. The van der Waals surface area contributed by atoms with Crippen molar-refractivity contribution in [2.75, 3.05) is 13.1 Å². The van der Waals surface area contributed by atoms with Crippen LogP contribution in [0.1, 0.15) is 16.2 Å². The number of amides is 1. The summed E-state index contributed by atoms with van der Waals surface area (Å²) in [5.41, 5.74) is 0. The van der Waals surface area contributed by atoms with E-state index < -0.39 is 34.4 Å². The second-order valence-electron chi connectivity index (χ2n) is 4.80. The molecular formula is C12H16N2O5S2. The molecule has 21 heavy (non-hydrogen) atoms. The molecular weight excluding hydrogens is 316 g/mol. The zero-order chi connectivity index (χ0) is 15.8. The number of nitrogens with one attached hydrogen (secondary N) is 1. The number of rotatable bonds is 4. The lowest BCUT2D eigenvalue weighted by Crippen LogP contribution is -2.57. The summed E-state index contributed by atoms with van der Waals surface area (Å²) in [6.45, 7) is 3.74. The molecule has 0 spiro atoms. The van der Waals surface area contributed by atoms with E-state index in [1.165, 1.54) is 11.3 Å². The first-order chi connectivity index (χ1) is 9.73. The summed E-state index contributed by atoms with van der Waals surface area (Å²) in [6.07, 6.45) is -0.548. The van der Waals surface area contributed by atoms with Gasteiger partial charge >= 0.3 is 5.97 Å². The van der Waals surface area contributed by atoms with Gasteiger partial charge in [-0.2, -0.15) is 4.31 Å². The Balaban J connectivity index is 2.43. The molecule has 1 aromatic rings. The number of carbonyl (C=O) groups is 2. The van der Waals surface area contributed by atoms with E-state index in [9.17, 15) is 18.0 Å². The predicted molar refractivity (Wildman–Crippen MR) is 76.7 cm³/mol. The second kappa shape index (κ2) is 5.74. The van der Waals surface area contributed by atoms with Crippen LogP contribution in [0.15, 0.2) is 11.0 Å². The van der Waals surface area contributed by atoms with E-state index in [2.05, 4.69) is 5.32 Å². The van der Waals surface area contributed by atoms with Crippen LogP contribution in [0.2, 0.25) is 0 Å². The Labute approximate surface area is 126 Å². The lowest BCUT2D eigenvalue weighted by atomic mass is 10.1. The van der Waals surface area contributed by atoms with Crippen LogP contribution in [-0.4, -0.2) is 48.8 Å². The number of nitrogens with zero attached hydrogens (tertiary/aromatic N) is 1. The van der Waals surface area contributed by atoms with Gasteiger partial charge in [-0.15, -0.1) is 11.3 Å². The predicted octanol–water partition coefficient (Wildman–Crippen LogP) is 0.329. The van der Waals surface area contributed by atoms with Gasteiger partial charge in [-0.1, -0.05) is 0 Å². The molecule has 1 aromatic heterocycles. The quantitative estimate of drug-likeness (QED) is 0.827. The van der Waals surface area contributed by atoms with Gasteiger partial charge < -0.3 is 10.4 Å². The summed E-state index contributed by atoms with van der Waals surface area (Å²) in [7, 11) is -3.88. The van der Waals surface area contributed by atoms with Crippen LogP contribution < -0.4 is 5.32 Å². The Morgan fingerprint density at radius 1 is 1.52 bits per heavy atom. The van der Waals surface area contributed by atoms with Gasteiger partial charge in [-0.05, 0) is 19.9 Å². The number of carboxylic acids is 1. The van der Waals surface area contributed by atoms with Gasteiger partial charge in [-0.3, -0.25) is 9.59 Å². The Morgan fingerprint density at radius 2 is 2.19 bits per heavy atom. The summed E-state index contributed by atoms with van der Waals surface area (Å²) in [5.74, 6) is -1.78. The molecule has 0 bridgehead atoms. The highest BCUT2D eigenvalue weighted by molar-refractivity contribution is 7.89. The van der Waals surface area contributed by atoms with Crippen molar-refractivity contribution in [3.05, 3.63) is 15.8 Å². The van der Waals surface area contributed by atoms with Crippen molar-refractivity contribution < 1.29 is 23.1 Å². The molecule has 2 heterocycles.